The van der Waals surface area contributed by atoms with Gasteiger partial charge in [-0.15, -0.1) is 0 Å². The smallest absolute Gasteiger partial charge is 0.324 e. The van der Waals surface area contributed by atoms with E-state index in [2.05, 4.69) is 41.5 Å². The van der Waals surface area contributed by atoms with Crippen LogP contribution in [-0.2, 0) is 10.2 Å². The largest absolute Gasteiger partial charge is 0.353 e. The van der Waals surface area contributed by atoms with Crippen LogP contribution in [0.5, 0.6) is 0 Å². The Bertz CT molecular complexity index is 1420. The standard InChI is InChI=1S/C33H45N7O2/c1-23-10-12-26(13-11-23)40-28(21-27(37-40)33(6)14-8-7-9-15-33)36-31(42)35-25-20-24(2)29(34-22-25)38-16-18-39(19-17-38)30(41)32(3,4)5/h10-13,20-22H,7-9,14-19H2,1-6H3,(H2,35,36,42). The molecule has 3 heterocycles. The number of carbonyl (C=O) groups is 2. The first kappa shape index (κ1) is 29.6. The van der Waals surface area contributed by atoms with E-state index in [0.717, 1.165) is 48.7 Å². The Morgan fingerprint density at radius 2 is 1.57 bits per heavy atom. The molecule has 0 spiro atoms. The predicted molar refractivity (Wildman–Crippen MR) is 169 cm³/mol. The highest BCUT2D eigenvalue weighted by Gasteiger charge is 2.33. The van der Waals surface area contributed by atoms with Crippen molar-refractivity contribution < 1.29 is 9.59 Å². The number of urea groups is 1. The SMILES string of the molecule is Cc1ccc(-n2nc(C3(C)CCCCC3)cc2NC(=O)Nc2cnc(N3CCN(C(=O)C(C)(C)C)CC3)c(C)c2)cc1. The number of aromatic nitrogens is 3. The molecule has 3 amide bonds. The first-order chi connectivity index (χ1) is 19.9. The van der Waals surface area contributed by atoms with E-state index in [1.165, 1.54) is 24.8 Å². The van der Waals surface area contributed by atoms with Crippen molar-refractivity contribution in [2.45, 2.75) is 79.1 Å². The zero-order chi connectivity index (χ0) is 30.1. The summed E-state index contributed by atoms with van der Waals surface area (Å²) in [7, 11) is 0. The number of carbonyl (C=O) groups excluding carboxylic acids is 2. The molecule has 1 aliphatic heterocycles. The second kappa shape index (κ2) is 11.8. The van der Waals surface area contributed by atoms with E-state index in [9.17, 15) is 9.59 Å². The molecule has 224 valence electrons. The van der Waals surface area contributed by atoms with Crippen molar-refractivity contribution in [1.82, 2.24) is 19.7 Å². The number of amides is 3. The summed E-state index contributed by atoms with van der Waals surface area (Å²) in [5.74, 6) is 1.70. The van der Waals surface area contributed by atoms with Gasteiger partial charge in [0.05, 0.1) is 23.3 Å². The lowest BCUT2D eigenvalue weighted by Gasteiger charge is -2.38. The van der Waals surface area contributed by atoms with Gasteiger partial charge >= 0.3 is 6.03 Å². The number of nitrogens with one attached hydrogen (secondary N) is 2. The summed E-state index contributed by atoms with van der Waals surface area (Å²) in [6.07, 6.45) is 7.56. The Morgan fingerprint density at radius 1 is 0.905 bits per heavy atom. The summed E-state index contributed by atoms with van der Waals surface area (Å²) >= 11 is 0. The van der Waals surface area contributed by atoms with E-state index >= 15 is 0 Å². The van der Waals surface area contributed by atoms with Gasteiger partial charge in [0.1, 0.15) is 11.6 Å². The molecule has 2 aliphatic rings. The third-order valence-electron chi connectivity index (χ3n) is 8.62. The van der Waals surface area contributed by atoms with Gasteiger partial charge in [-0.3, -0.25) is 10.1 Å². The van der Waals surface area contributed by atoms with Crippen molar-refractivity contribution in [3.63, 3.8) is 0 Å². The van der Waals surface area contributed by atoms with Crippen molar-refractivity contribution in [2.75, 3.05) is 41.7 Å². The minimum atomic E-state index is -0.378. The molecule has 42 heavy (non-hydrogen) atoms. The van der Waals surface area contributed by atoms with Gasteiger partial charge in [-0.1, -0.05) is 64.7 Å². The van der Waals surface area contributed by atoms with E-state index in [4.69, 9.17) is 10.1 Å². The summed E-state index contributed by atoms with van der Waals surface area (Å²) < 4.78 is 1.84. The molecule has 0 atom stereocenters. The molecule has 0 bridgehead atoms. The van der Waals surface area contributed by atoms with E-state index in [-0.39, 0.29) is 22.8 Å². The average molecular weight is 572 g/mol. The Labute approximate surface area is 249 Å². The fourth-order valence-corrected chi connectivity index (χ4v) is 6.08. The summed E-state index contributed by atoms with van der Waals surface area (Å²) in [5.41, 5.74) is 4.32. The predicted octanol–water partition coefficient (Wildman–Crippen LogP) is 6.44. The van der Waals surface area contributed by atoms with E-state index in [0.29, 0.717) is 24.6 Å². The quantitative estimate of drug-likeness (QED) is 0.367. The maximum atomic E-state index is 13.2. The lowest BCUT2D eigenvalue weighted by atomic mass is 9.73. The Morgan fingerprint density at radius 3 is 2.19 bits per heavy atom. The third kappa shape index (κ3) is 6.45. The Kier molecular flexibility index (Phi) is 8.30. The van der Waals surface area contributed by atoms with Crippen molar-refractivity contribution in [2.24, 2.45) is 5.41 Å². The molecule has 1 saturated heterocycles. The molecule has 0 unspecified atom stereocenters. The molecule has 2 N–H and O–H groups in total. The van der Waals surface area contributed by atoms with Crippen molar-refractivity contribution >= 4 is 29.3 Å². The lowest BCUT2D eigenvalue weighted by molar-refractivity contribution is -0.139. The van der Waals surface area contributed by atoms with Crippen LogP contribution in [0.15, 0.2) is 42.6 Å². The van der Waals surface area contributed by atoms with Crippen LogP contribution in [0.25, 0.3) is 5.69 Å². The second-order valence-corrected chi connectivity index (χ2v) is 13.3. The molecule has 1 aromatic carbocycles. The number of aryl methyl sites for hydroxylation is 2. The van der Waals surface area contributed by atoms with E-state index < -0.39 is 0 Å². The van der Waals surface area contributed by atoms with Gasteiger partial charge in [-0.25, -0.2) is 14.5 Å². The van der Waals surface area contributed by atoms with Crippen molar-refractivity contribution in [3.05, 3.63) is 59.4 Å². The highest BCUT2D eigenvalue weighted by molar-refractivity contribution is 5.99. The highest BCUT2D eigenvalue weighted by Crippen LogP contribution is 2.39. The van der Waals surface area contributed by atoms with Crippen LogP contribution in [-0.4, -0.2) is 57.8 Å². The molecule has 5 rings (SSSR count). The van der Waals surface area contributed by atoms with Crippen LogP contribution in [0.2, 0.25) is 0 Å². The average Bonchev–Trinajstić information content (AvgIpc) is 3.37. The van der Waals surface area contributed by atoms with Gasteiger partial charge in [0.2, 0.25) is 5.91 Å². The molecule has 3 aromatic rings. The lowest BCUT2D eigenvalue weighted by Crippen LogP contribution is -2.52. The molecule has 0 radical (unpaired) electrons. The van der Waals surface area contributed by atoms with Gasteiger partial charge in [0, 0.05) is 43.1 Å². The topological polar surface area (TPSA) is 95.4 Å². The fourth-order valence-electron chi connectivity index (χ4n) is 6.08. The van der Waals surface area contributed by atoms with Crippen molar-refractivity contribution in [3.8, 4) is 5.69 Å². The van der Waals surface area contributed by atoms with Gasteiger partial charge < -0.3 is 15.1 Å². The number of anilines is 3. The number of pyridine rings is 1. The monoisotopic (exact) mass is 571 g/mol. The maximum Gasteiger partial charge on any atom is 0.324 e. The Hall–Kier alpha value is -3.88. The van der Waals surface area contributed by atoms with Crippen LogP contribution >= 0.6 is 0 Å². The van der Waals surface area contributed by atoms with Gasteiger partial charge in [-0.2, -0.15) is 5.10 Å². The van der Waals surface area contributed by atoms with Crippen LogP contribution in [0.3, 0.4) is 0 Å². The van der Waals surface area contributed by atoms with Gasteiger partial charge in [-0.05, 0) is 50.5 Å². The van der Waals surface area contributed by atoms with Crippen LogP contribution in [0.1, 0.15) is 76.6 Å². The number of hydrogen-bond donors (Lipinski definition) is 2. The van der Waals surface area contributed by atoms with Crippen LogP contribution < -0.4 is 15.5 Å². The third-order valence-corrected chi connectivity index (χ3v) is 8.62. The maximum absolute atomic E-state index is 13.2. The van der Waals surface area contributed by atoms with E-state index in [1.807, 2.05) is 61.5 Å². The normalized spacial score (nSPS) is 17.2. The Balaban J connectivity index is 1.28. The number of benzene rings is 1. The summed E-state index contributed by atoms with van der Waals surface area (Å²) in [6.45, 7) is 15.0. The molecule has 1 aliphatic carbocycles. The summed E-state index contributed by atoms with van der Waals surface area (Å²) in [6, 6.07) is 11.8. The van der Waals surface area contributed by atoms with Gasteiger partial charge in [0.25, 0.3) is 0 Å². The number of rotatable bonds is 5. The van der Waals surface area contributed by atoms with E-state index in [1.54, 1.807) is 6.20 Å². The number of hydrogen-bond acceptors (Lipinski definition) is 5. The zero-order valence-corrected chi connectivity index (χ0v) is 26.0. The first-order valence-corrected chi connectivity index (χ1v) is 15.2. The first-order valence-electron chi connectivity index (χ1n) is 15.2. The minimum Gasteiger partial charge on any atom is -0.353 e. The number of piperazine rings is 1. The fraction of sp³-hybridized carbons (Fsp3) is 0.515. The highest BCUT2D eigenvalue weighted by atomic mass is 16.2. The molecule has 9 heteroatoms. The molecule has 9 nitrogen and oxygen atoms in total. The zero-order valence-electron chi connectivity index (χ0n) is 26.0. The second-order valence-electron chi connectivity index (χ2n) is 13.3. The molecule has 2 fully saturated rings. The van der Waals surface area contributed by atoms with Gasteiger partial charge in [0.15, 0.2) is 0 Å². The van der Waals surface area contributed by atoms with Crippen LogP contribution in [0, 0.1) is 19.3 Å². The summed E-state index contributed by atoms with van der Waals surface area (Å²) in [4.78, 5) is 34.7. The molecular formula is C33H45N7O2. The molecular weight excluding hydrogens is 526 g/mol. The molecule has 1 saturated carbocycles. The van der Waals surface area contributed by atoms with Crippen molar-refractivity contribution in [1.29, 1.82) is 0 Å². The van der Waals surface area contributed by atoms with Crippen LogP contribution in [0.4, 0.5) is 22.1 Å². The minimum absolute atomic E-state index is 0.00345. The number of nitrogens with zero attached hydrogens (tertiary/aromatic N) is 5. The molecule has 2 aromatic heterocycles. The summed E-state index contributed by atoms with van der Waals surface area (Å²) in [5, 5.41) is 11.0.